The molecule has 25 heavy (non-hydrogen) atoms. The first-order chi connectivity index (χ1) is 12.0. The van der Waals surface area contributed by atoms with E-state index in [2.05, 4.69) is 10.2 Å². The Hall–Kier alpha value is -2.08. The summed E-state index contributed by atoms with van der Waals surface area (Å²) in [6.45, 7) is 1.42. The van der Waals surface area contributed by atoms with Gasteiger partial charge in [-0.15, -0.1) is 10.2 Å². The van der Waals surface area contributed by atoms with Crippen LogP contribution in [0.2, 0.25) is 5.02 Å². The quantitative estimate of drug-likeness (QED) is 0.844. The van der Waals surface area contributed by atoms with E-state index in [1.54, 1.807) is 31.6 Å². The molecule has 0 radical (unpaired) electrons. The lowest BCUT2D eigenvalue weighted by Crippen LogP contribution is -2.38. The molecule has 4 rings (SSSR count). The molecular weight excluding hydrogens is 340 g/mol. The van der Waals surface area contributed by atoms with Gasteiger partial charge < -0.3 is 14.2 Å². The number of carbonyl (C=O) groups excluding carboxylic acids is 1. The van der Waals surface area contributed by atoms with Crippen molar-refractivity contribution < 1.29 is 9.53 Å². The molecule has 2 fully saturated rings. The third-order valence-corrected chi connectivity index (χ3v) is 5.97. The van der Waals surface area contributed by atoms with E-state index in [-0.39, 0.29) is 17.2 Å². The Morgan fingerprint density at radius 3 is 2.80 bits per heavy atom. The summed E-state index contributed by atoms with van der Waals surface area (Å²) in [7, 11) is 3.52. The molecule has 7 heteroatoms. The molecule has 2 heterocycles. The molecule has 1 aromatic carbocycles. The van der Waals surface area contributed by atoms with Gasteiger partial charge in [-0.25, -0.2) is 0 Å². The average Bonchev–Trinajstić information content (AvgIpc) is 3.17. The Labute approximate surface area is 151 Å². The largest absolute Gasteiger partial charge is 0.496 e. The molecule has 1 saturated carbocycles. The monoisotopic (exact) mass is 360 g/mol. The Kier molecular flexibility index (Phi) is 3.95. The minimum absolute atomic E-state index is 0.00976. The number of halogens is 1. The van der Waals surface area contributed by atoms with Gasteiger partial charge >= 0.3 is 0 Å². The van der Waals surface area contributed by atoms with Gasteiger partial charge in [0, 0.05) is 31.1 Å². The first-order valence-corrected chi connectivity index (χ1v) is 8.88. The molecule has 2 aliphatic rings. The predicted molar refractivity (Wildman–Crippen MR) is 93.9 cm³/mol. The van der Waals surface area contributed by atoms with Crippen molar-refractivity contribution in [2.24, 2.45) is 12.5 Å². The summed E-state index contributed by atoms with van der Waals surface area (Å²) in [5.74, 6) is 1.71. The zero-order valence-electron chi connectivity index (χ0n) is 14.4. The molecule has 1 atom stereocenters. The van der Waals surface area contributed by atoms with Gasteiger partial charge in [0.15, 0.2) is 0 Å². The molecule has 1 aliphatic carbocycles. The van der Waals surface area contributed by atoms with E-state index in [0.29, 0.717) is 22.9 Å². The van der Waals surface area contributed by atoms with E-state index in [0.717, 1.165) is 25.2 Å². The summed E-state index contributed by atoms with van der Waals surface area (Å²) >= 11 is 6.02. The fourth-order valence-corrected chi connectivity index (χ4v) is 4.40. The number of benzene rings is 1. The van der Waals surface area contributed by atoms with Crippen LogP contribution < -0.4 is 4.74 Å². The molecule has 0 N–H and O–H groups in total. The maximum atomic E-state index is 13.1. The van der Waals surface area contributed by atoms with Crippen LogP contribution in [0.3, 0.4) is 0 Å². The first kappa shape index (κ1) is 16.4. The summed E-state index contributed by atoms with van der Waals surface area (Å²) in [5.41, 5.74) is 0.691. The molecule has 1 saturated heterocycles. The highest BCUT2D eigenvalue weighted by molar-refractivity contribution is 6.30. The summed E-state index contributed by atoms with van der Waals surface area (Å²) in [6.07, 6.45) is 5.20. The molecule has 132 valence electrons. The van der Waals surface area contributed by atoms with Crippen molar-refractivity contribution in [2.45, 2.75) is 25.2 Å². The van der Waals surface area contributed by atoms with Crippen LogP contribution in [0, 0.1) is 5.41 Å². The van der Waals surface area contributed by atoms with Crippen molar-refractivity contribution in [2.75, 3.05) is 20.2 Å². The lowest BCUT2D eigenvalue weighted by Gasteiger charge is -2.42. The van der Waals surface area contributed by atoms with Gasteiger partial charge in [0.05, 0.1) is 12.7 Å². The molecule has 1 spiro atoms. The van der Waals surface area contributed by atoms with Gasteiger partial charge in [-0.05, 0) is 36.5 Å². The third kappa shape index (κ3) is 2.59. The summed E-state index contributed by atoms with van der Waals surface area (Å²) in [4.78, 5) is 15.1. The summed E-state index contributed by atoms with van der Waals surface area (Å²) < 4.78 is 7.33. The number of ether oxygens (including phenoxy) is 1. The normalized spacial score (nSPS) is 21.4. The van der Waals surface area contributed by atoms with Crippen LogP contribution in [-0.4, -0.2) is 45.8 Å². The highest BCUT2D eigenvalue weighted by atomic mass is 35.5. The van der Waals surface area contributed by atoms with Crippen LogP contribution in [0.4, 0.5) is 0 Å². The predicted octanol–water partition coefficient (Wildman–Crippen LogP) is 2.89. The smallest absolute Gasteiger partial charge is 0.257 e. The Balaban J connectivity index is 1.64. The number of hydrogen-bond donors (Lipinski definition) is 0. The average molecular weight is 361 g/mol. The number of likely N-dealkylation sites (tertiary alicyclic amines) is 1. The van der Waals surface area contributed by atoms with Crippen LogP contribution in [0.15, 0.2) is 24.5 Å². The van der Waals surface area contributed by atoms with Crippen LogP contribution >= 0.6 is 11.6 Å². The number of aryl methyl sites for hydroxylation is 1. The van der Waals surface area contributed by atoms with E-state index in [1.807, 2.05) is 16.5 Å². The molecule has 1 amide bonds. The van der Waals surface area contributed by atoms with E-state index in [4.69, 9.17) is 16.3 Å². The van der Waals surface area contributed by atoms with Crippen LogP contribution in [0.5, 0.6) is 5.75 Å². The molecule has 2 aromatic rings. The van der Waals surface area contributed by atoms with Gasteiger partial charge in [0.25, 0.3) is 5.91 Å². The van der Waals surface area contributed by atoms with E-state index >= 15 is 0 Å². The second-order valence-corrected chi connectivity index (χ2v) is 7.54. The lowest BCUT2D eigenvalue weighted by molar-refractivity contribution is 0.0720. The van der Waals surface area contributed by atoms with Crippen LogP contribution in [0.25, 0.3) is 0 Å². The van der Waals surface area contributed by atoms with Crippen LogP contribution in [0.1, 0.15) is 41.4 Å². The fourth-order valence-electron chi connectivity index (χ4n) is 4.24. The first-order valence-electron chi connectivity index (χ1n) is 8.51. The fraction of sp³-hybridized carbons (Fsp3) is 0.500. The van der Waals surface area contributed by atoms with Crippen molar-refractivity contribution in [1.82, 2.24) is 19.7 Å². The lowest BCUT2D eigenvalue weighted by atomic mass is 9.62. The van der Waals surface area contributed by atoms with E-state index in [9.17, 15) is 4.79 Å². The summed E-state index contributed by atoms with van der Waals surface area (Å²) in [5, 5.41) is 8.91. The number of nitrogens with zero attached hydrogens (tertiary/aromatic N) is 4. The number of methoxy groups -OCH3 is 1. The van der Waals surface area contributed by atoms with Crippen LogP contribution in [-0.2, 0) is 7.05 Å². The van der Waals surface area contributed by atoms with Gasteiger partial charge in [-0.2, -0.15) is 0 Å². The van der Waals surface area contributed by atoms with E-state index in [1.165, 1.54) is 6.42 Å². The Morgan fingerprint density at radius 2 is 2.20 bits per heavy atom. The standard InChI is InChI=1S/C18H21ClN4O2/c1-22-11-20-21-16(22)14-9-23(10-18(14)6-3-7-18)17(24)13-5-4-12(19)8-15(13)25-2/h4-5,8,11,14H,3,6-7,9-10H2,1-2H3. The zero-order valence-corrected chi connectivity index (χ0v) is 15.2. The number of hydrogen-bond acceptors (Lipinski definition) is 4. The summed E-state index contributed by atoms with van der Waals surface area (Å²) in [6, 6.07) is 5.16. The van der Waals surface area contributed by atoms with Gasteiger partial charge in [-0.3, -0.25) is 4.79 Å². The number of amides is 1. The third-order valence-electron chi connectivity index (χ3n) is 5.74. The minimum atomic E-state index is -0.00976. The topological polar surface area (TPSA) is 60.2 Å². The molecule has 1 aliphatic heterocycles. The number of carbonyl (C=O) groups is 1. The van der Waals surface area contributed by atoms with Gasteiger partial charge in [-0.1, -0.05) is 18.0 Å². The van der Waals surface area contributed by atoms with Crippen molar-refractivity contribution in [3.63, 3.8) is 0 Å². The van der Waals surface area contributed by atoms with Crippen molar-refractivity contribution in [1.29, 1.82) is 0 Å². The maximum absolute atomic E-state index is 13.1. The SMILES string of the molecule is COc1cc(Cl)ccc1C(=O)N1CC(c2nncn2C)C2(CCC2)C1. The van der Waals surface area contributed by atoms with Gasteiger partial charge in [0.2, 0.25) is 0 Å². The highest BCUT2D eigenvalue weighted by Gasteiger charge is 2.53. The maximum Gasteiger partial charge on any atom is 0.257 e. The molecule has 1 aromatic heterocycles. The molecular formula is C18H21ClN4O2. The highest BCUT2D eigenvalue weighted by Crippen LogP contribution is 2.55. The Morgan fingerprint density at radius 1 is 1.40 bits per heavy atom. The van der Waals surface area contributed by atoms with Crippen molar-refractivity contribution in [3.05, 3.63) is 40.9 Å². The van der Waals surface area contributed by atoms with Gasteiger partial charge in [0.1, 0.15) is 17.9 Å². The number of aromatic nitrogens is 3. The number of rotatable bonds is 3. The molecule has 6 nitrogen and oxygen atoms in total. The second-order valence-electron chi connectivity index (χ2n) is 7.10. The van der Waals surface area contributed by atoms with Crippen molar-refractivity contribution in [3.8, 4) is 5.75 Å². The van der Waals surface area contributed by atoms with E-state index < -0.39 is 0 Å². The minimum Gasteiger partial charge on any atom is -0.496 e. The molecule has 1 unspecified atom stereocenters. The molecule has 0 bridgehead atoms. The Bertz CT molecular complexity index is 815. The second kappa shape index (κ2) is 6.02. The van der Waals surface area contributed by atoms with Crippen molar-refractivity contribution >= 4 is 17.5 Å². The zero-order chi connectivity index (χ0) is 17.6.